The fraction of sp³-hybridized carbons (Fsp3) is 0.625. The predicted octanol–water partition coefficient (Wildman–Crippen LogP) is 0.647. The van der Waals surface area contributed by atoms with Gasteiger partial charge in [0.15, 0.2) is 6.10 Å². The van der Waals surface area contributed by atoms with E-state index in [1.54, 1.807) is 0 Å². The molecule has 0 saturated carbocycles. The summed E-state index contributed by atoms with van der Waals surface area (Å²) < 4.78 is 10.4. The lowest BCUT2D eigenvalue weighted by Gasteiger charge is -2.23. The smallest absolute Gasteiger partial charge is 0.306 e. The summed E-state index contributed by atoms with van der Waals surface area (Å²) in [5.74, 6) is -0.127. The number of hydrogen-bond acceptors (Lipinski definition) is 3. The van der Waals surface area contributed by atoms with E-state index in [9.17, 15) is 4.79 Å². The second-order valence-corrected chi connectivity index (χ2v) is 2.96. The number of carbonyl (C=O) groups is 1. The van der Waals surface area contributed by atoms with Gasteiger partial charge in [-0.3, -0.25) is 4.79 Å². The lowest BCUT2D eigenvalue weighted by atomic mass is 10.0. The molecule has 2 aliphatic rings. The molecule has 0 aromatic heterocycles. The van der Waals surface area contributed by atoms with Crippen molar-refractivity contribution >= 4 is 5.97 Å². The molecule has 60 valence electrons. The molecule has 2 fully saturated rings. The molecule has 0 amide bonds. The van der Waals surface area contributed by atoms with Crippen molar-refractivity contribution in [2.24, 2.45) is 0 Å². The van der Waals surface area contributed by atoms with Gasteiger partial charge in [-0.2, -0.15) is 0 Å². The average molecular weight is 154 g/mol. The summed E-state index contributed by atoms with van der Waals surface area (Å²) in [7, 11) is 0. The summed E-state index contributed by atoms with van der Waals surface area (Å²) in [4.78, 5) is 10.8. The fourth-order valence-corrected chi connectivity index (χ4v) is 1.50. The molecule has 3 nitrogen and oxygen atoms in total. The molecule has 2 atom stereocenters. The number of rotatable bonds is 0. The number of carbonyl (C=O) groups excluding carboxylic acids is 1. The van der Waals surface area contributed by atoms with Gasteiger partial charge in [-0.05, 0) is 12.0 Å². The van der Waals surface area contributed by atoms with E-state index in [1.165, 1.54) is 0 Å². The molecule has 0 aliphatic carbocycles. The van der Waals surface area contributed by atoms with Gasteiger partial charge in [0.25, 0.3) is 0 Å². The second-order valence-electron chi connectivity index (χ2n) is 2.96. The highest BCUT2D eigenvalue weighted by Crippen LogP contribution is 2.28. The number of fused-ring (bicyclic) bond motifs is 1. The Kier molecular flexibility index (Phi) is 1.46. The van der Waals surface area contributed by atoms with Crippen molar-refractivity contribution in [3.8, 4) is 0 Å². The summed E-state index contributed by atoms with van der Waals surface area (Å²) in [6.07, 6.45) is 1.19. The number of hydrogen-bond donors (Lipinski definition) is 0. The molecule has 11 heavy (non-hydrogen) atoms. The second kappa shape index (κ2) is 2.34. The summed E-state index contributed by atoms with van der Waals surface area (Å²) in [6.45, 7) is 4.31. The van der Waals surface area contributed by atoms with Crippen LogP contribution in [0.15, 0.2) is 12.2 Å². The highest BCUT2D eigenvalue weighted by Gasteiger charge is 2.38. The van der Waals surface area contributed by atoms with Gasteiger partial charge in [-0.25, -0.2) is 0 Å². The van der Waals surface area contributed by atoms with Crippen LogP contribution in [0.1, 0.15) is 12.8 Å². The zero-order chi connectivity index (χ0) is 7.84. The summed E-state index contributed by atoms with van der Waals surface area (Å²) in [5, 5.41) is 0. The van der Waals surface area contributed by atoms with E-state index < -0.39 is 0 Å². The third kappa shape index (κ3) is 1.05. The van der Waals surface area contributed by atoms with Crippen LogP contribution in [0.25, 0.3) is 0 Å². The Bertz CT molecular complexity index is 209. The Hall–Kier alpha value is -0.830. The van der Waals surface area contributed by atoms with Crippen molar-refractivity contribution in [3.05, 3.63) is 12.2 Å². The maximum absolute atomic E-state index is 10.8. The zero-order valence-corrected chi connectivity index (χ0v) is 6.21. The van der Waals surface area contributed by atoms with E-state index in [4.69, 9.17) is 9.47 Å². The predicted molar refractivity (Wildman–Crippen MR) is 38.0 cm³/mol. The molecule has 2 saturated heterocycles. The average Bonchev–Trinajstić information content (AvgIpc) is 2.33. The van der Waals surface area contributed by atoms with E-state index in [0.29, 0.717) is 13.0 Å². The molecule has 0 aromatic carbocycles. The van der Waals surface area contributed by atoms with E-state index in [1.807, 2.05) is 0 Å². The van der Waals surface area contributed by atoms with Crippen LogP contribution in [0, 0.1) is 0 Å². The quantitative estimate of drug-likeness (QED) is 0.379. The summed E-state index contributed by atoms with van der Waals surface area (Å²) >= 11 is 0. The molecular formula is C8H10O3. The van der Waals surface area contributed by atoms with Crippen molar-refractivity contribution in [1.29, 1.82) is 0 Å². The van der Waals surface area contributed by atoms with Crippen LogP contribution in [0.2, 0.25) is 0 Å². The van der Waals surface area contributed by atoms with Crippen LogP contribution in [0.4, 0.5) is 0 Å². The van der Waals surface area contributed by atoms with E-state index >= 15 is 0 Å². The SMILES string of the molecule is C=C1COC2CCC(=O)OC12. The summed E-state index contributed by atoms with van der Waals surface area (Å²) in [6, 6.07) is 0. The van der Waals surface area contributed by atoms with Gasteiger partial charge in [0.05, 0.1) is 12.7 Å². The van der Waals surface area contributed by atoms with Crippen LogP contribution in [-0.2, 0) is 14.3 Å². The molecule has 0 N–H and O–H groups in total. The third-order valence-electron chi connectivity index (χ3n) is 2.11. The van der Waals surface area contributed by atoms with Gasteiger partial charge >= 0.3 is 5.97 Å². The highest BCUT2D eigenvalue weighted by atomic mass is 16.6. The van der Waals surface area contributed by atoms with Gasteiger partial charge in [-0.15, -0.1) is 0 Å². The molecule has 2 unspecified atom stereocenters. The lowest BCUT2D eigenvalue weighted by molar-refractivity contribution is -0.157. The van der Waals surface area contributed by atoms with Gasteiger partial charge in [0, 0.05) is 6.42 Å². The molecule has 2 heterocycles. The number of esters is 1. The Morgan fingerprint density at radius 2 is 2.36 bits per heavy atom. The third-order valence-corrected chi connectivity index (χ3v) is 2.11. The Balaban J connectivity index is 2.13. The molecule has 0 aromatic rings. The minimum atomic E-state index is -0.156. The van der Waals surface area contributed by atoms with Gasteiger partial charge in [-0.1, -0.05) is 6.58 Å². The lowest BCUT2D eigenvalue weighted by Crippen LogP contribution is -2.33. The monoisotopic (exact) mass is 154 g/mol. The van der Waals surface area contributed by atoms with Gasteiger partial charge < -0.3 is 9.47 Å². The fourth-order valence-electron chi connectivity index (χ4n) is 1.50. The van der Waals surface area contributed by atoms with Gasteiger partial charge in [0.1, 0.15) is 0 Å². The van der Waals surface area contributed by atoms with Crippen molar-refractivity contribution < 1.29 is 14.3 Å². The van der Waals surface area contributed by atoms with Crippen LogP contribution < -0.4 is 0 Å². The van der Waals surface area contributed by atoms with Crippen molar-refractivity contribution in [2.75, 3.05) is 6.61 Å². The van der Waals surface area contributed by atoms with E-state index in [2.05, 4.69) is 6.58 Å². The molecule has 2 aliphatic heterocycles. The first-order valence-electron chi connectivity index (χ1n) is 3.76. The first-order chi connectivity index (χ1) is 5.27. The van der Waals surface area contributed by atoms with E-state index in [-0.39, 0.29) is 18.2 Å². The summed E-state index contributed by atoms with van der Waals surface area (Å²) in [5.41, 5.74) is 0.892. The first kappa shape index (κ1) is 6.85. The topological polar surface area (TPSA) is 35.5 Å². The minimum absolute atomic E-state index is 0.0835. The Labute approximate surface area is 65.0 Å². The standard InChI is InChI=1S/C8H10O3/c1-5-4-10-6-2-3-7(9)11-8(5)6/h6,8H,1-4H2. The molecule has 3 heteroatoms. The molecular weight excluding hydrogens is 144 g/mol. The first-order valence-corrected chi connectivity index (χ1v) is 3.76. The Morgan fingerprint density at radius 3 is 3.18 bits per heavy atom. The maximum Gasteiger partial charge on any atom is 0.306 e. The normalized spacial score (nSPS) is 36.7. The van der Waals surface area contributed by atoms with Gasteiger partial charge in [0.2, 0.25) is 0 Å². The Morgan fingerprint density at radius 1 is 1.55 bits per heavy atom. The van der Waals surface area contributed by atoms with Crippen molar-refractivity contribution in [2.45, 2.75) is 25.0 Å². The molecule has 0 radical (unpaired) electrons. The number of ether oxygens (including phenoxy) is 2. The van der Waals surface area contributed by atoms with E-state index in [0.717, 1.165) is 12.0 Å². The van der Waals surface area contributed by atoms with Crippen LogP contribution >= 0.6 is 0 Å². The van der Waals surface area contributed by atoms with Crippen molar-refractivity contribution in [3.63, 3.8) is 0 Å². The van der Waals surface area contributed by atoms with Crippen LogP contribution in [-0.4, -0.2) is 24.8 Å². The minimum Gasteiger partial charge on any atom is -0.455 e. The molecule has 0 bridgehead atoms. The highest BCUT2D eigenvalue weighted by molar-refractivity contribution is 5.71. The largest absolute Gasteiger partial charge is 0.455 e. The van der Waals surface area contributed by atoms with Crippen LogP contribution in [0.3, 0.4) is 0 Å². The molecule has 0 spiro atoms. The zero-order valence-electron chi connectivity index (χ0n) is 6.21. The van der Waals surface area contributed by atoms with Crippen LogP contribution in [0.5, 0.6) is 0 Å². The maximum atomic E-state index is 10.8. The van der Waals surface area contributed by atoms with Crippen molar-refractivity contribution in [1.82, 2.24) is 0 Å². The molecule has 2 rings (SSSR count).